The number of aromatic nitrogens is 1. The summed E-state index contributed by atoms with van der Waals surface area (Å²) in [6.07, 6.45) is -3.12. The molecule has 3 aromatic rings. The predicted molar refractivity (Wildman–Crippen MR) is 115 cm³/mol. The van der Waals surface area contributed by atoms with Crippen molar-refractivity contribution >= 4 is 17.7 Å². The van der Waals surface area contributed by atoms with Crippen LogP contribution in [0.15, 0.2) is 51.8 Å². The third kappa shape index (κ3) is 6.06. The number of hydrogen-bond donors (Lipinski definition) is 1. The van der Waals surface area contributed by atoms with Gasteiger partial charge in [-0.3, -0.25) is 0 Å². The van der Waals surface area contributed by atoms with Gasteiger partial charge in [0.25, 0.3) is 0 Å². The van der Waals surface area contributed by atoms with Crippen molar-refractivity contribution in [2.75, 3.05) is 12.4 Å². The Morgan fingerprint density at radius 1 is 1.19 bits per heavy atom. The van der Waals surface area contributed by atoms with E-state index in [0.717, 1.165) is 28.3 Å². The number of ether oxygens (including phenoxy) is 1. The lowest BCUT2D eigenvalue weighted by atomic mass is 10.1. The van der Waals surface area contributed by atoms with E-state index in [1.54, 1.807) is 17.8 Å². The number of thioether (sulfide) groups is 1. The van der Waals surface area contributed by atoms with Gasteiger partial charge in [-0.15, -0.1) is 11.8 Å². The second kappa shape index (κ2) is 10.1. The number of benzene rings is 2. The van der Waals surface area contributed by atoms with Crippen LogP contribution in [0.1, 0.15) is 29.5 Å². The van der Waals surface area contributed by atoms with Gasteiger partial charge in [0.05, 0.1) is 11.3 Å². The van der Waals surface area contributed by atoms with Gasteiger partial charge in [0.1, 0.15) is 11.5 Å². The molecule has 0 amide bonds. The molecule has 0 unspecified atom stereocenters. The van der Waals surface area contributed by atoms with Crippen LogP contribution in [-0.2, 0) is 23.8 Å². The SMILES string of the molecule is CCc1nc(-c2ccc(C(F)(F)F)cc2)oc1CCSc1ccc(OCC(=O)O)c(C)c1. The summed E-state index contributed by atoms with van der Waals surface area (Å²) in [5.41, 5.74) is 1.41. The molecule has 0 atom stereocenters. The fraction of sp³-hybridized carbons (Fsp3) is 0.304. The summed E-state index contributed by atoms with van der Waals surface area (Å²) in [6.45, 7) is 3.41. The first-order chi connectivity index (χ1) is 15.2. The van der Waals surface area contributed by atoms with Gasteiger partial charge in [0, 0.05) is 22.6 Å². The molecule has 0 saturated carbocycles. The smallest absolute Gasteiger partial charge is 0.416 e. The van der Waals surface area contributed by atoms with Crippen LogP contribution in [0.3, 0.4) is 0 Å². The summed E-state index contributed by atoms with van der Waals surface area (Å²) in [6, 6.07) is 10.3. The lowest BCUT2D eigenvalue weighted by Gasteiger charge is -2.09. The molecule has 0 saturated heterocycles. The molecule has 3 rings (SSSR count). The maximum atomic E-state index is 12.8. The topological polar surface area (TPSA) is 72.6 Å². The fourth-order valence-electron chi connectivity index (χ4n) is 3.05. The van der Waals surface area contributed by atoms with Gasteiger partial charge in [-0.05, 0) is 61.4 Å². The van der Waals surface area contributed by atoms with E-state index >= 15 is 0 Å². The number of alkyl halides is 3. The van der Waals surface area contributed by atoms with Crippen molar-refractivity contribution in [1.82, 2.24) is 4.98 Å². The molecule has 1 N–H and O–H groups in total. The number of nitrogens with zero attached hydrogens (tertiary/aromatic N) is 1. The van der Waals surface area contributed by atoms with E-state index < -0.39 is 17.7 Å². The zero-order valence-corrected chi connectivity index (χ0v) is 18.3. The van der Waals surface area contributed by atoms with E-state index in [4.69, 9.17) is 14.3 Å². The first-order valence-electron chi connectivity index (χ1n) is 9.91. The second-order valence-corrected chi connectivity index (χ2v) is 8.19. The van der Waals surface area contributed by atoms with Gasteiger partial charge in [0.2, 0.25) is 5.89 Å². The molecule has 5 nitrogen and oxygen atoms in total. The molecule has 0 spiro atoms. The average molecular weight is 465 g/mol. The van der Waals surface area contributed by atoms with Crippen molar-refractivity contribution in [1.29, 1.82) is 0 Å². The van der Waals surface area contributed by atoms with Crippen LogP contribution >= 0.6 is 11.8 Å². The molecule has 0 bridgehead atoms. The van der Waals surface area contributed by atoms with E-state index in [-0.39, 0.29) is 6.61 Å². The van der Waals surface area contributed by atoms with Crippen LogP contribution in [0.2, 0.25) is 0 Å². The molecule has 32 heavy (non-hydrogen) atoms. The highest BCUT2D eigenvalue weighted by atomic mass is 32.2. The highest BCUT2D eigenvalue weighted by Gasteiger charge is 2.30. The maximum Gasteiger partial charge on any atom is 0.416 e. The normalized spacial score (nSPS) is 11.5. The number of carboxylic acid groups (broad SMARTS) is 1. The quantitative estimate of drug-likeness (QED) is 0.389. The minimum absolute atomic E-state index is 0.311. The minimum atomic E-state index is -4.38. The van der Waals surface area contributed by atoms with Gasteiger partial charge >= 0.3 is 12.1 Å². The Labute approximate surface area is 187 Å². The van der Waals surface area contributed by atoms with E-state index in [1.807, 2.05) is 26.0 Å². The molecular formula is C23H22F3NO4S. The van der Waals surface area contributed by atoms with Crippen LogP contribution in [0.25, 0.3) is 11.5 Å². The summed E-state index contributed by atoms with van der Waals surface area (Å²) in [5, 5.41) is 8.72. The molecule has 0 radical (unpaired) electrons. The number of carbonyl (C=O) groups is 1. The largest absolute Gasteiger partial charge is 0.482 e. The molecule has 1 heterocycles. The number of carboxylic acids is 1. The summed E-state index contributed by atoms with van der Waals surface area (Å²) in [5.74, 6) is 1.24. The van der Waals surface area contributed by atoms with E-state index in [9.17, 15) is 18.0 Å². The first-order valence-corrected chi connectivity index (χ1v) is 10.9. The van der Waals surface area contributed by atoms with Gasteiger partial charge in [-0.1, -0.05) is 6.92 Å². The van der Waals surface area contributed by atoms with Gasteiger partial charge in [-0.2, -0.15) is 13.2 Å². The van der Waals surface area contributed by atoms with Crippen molar-refractivity contribution in [3.05, 3.63) is 65.0 Å². The van der Waals surface area contributed by atoms with E-state index in [1.165, 1.54) is 12.1 Å². The number of aliphatic carboxylic acids is 1. The zero-order valence-electron chi connectivity index (χ0n) is 17.5. The summed E-state index contributed by atoms with van der Waals surface area (Å²) < 4.78 is 49.4. The van der Waals surface area contributed by atoms with Crippen molar-refractivity contribution in [3.8, 4) is 17.2 Å². The third-order valence-corrected chi connectivity index (χ3v) is 5.66. The Morgan fingerprint density at radius 3 is 2.50 bits per heavy atom. The van der Waals surface area contributed by atoms with Crippen LogP contribution in [0.4, 0.5) is 13.2 Å². The number of aryl methyl sites for hydroxylation is 3. The first kappa shape index (κ1) is 23.7. The predicted octanol–water partition coefficient (Wildman–Crippen LogP) is 6.03. The average Bonchev–Trinajstić information content (AvgIpc) is 3.16. The maximum absolute atomic E-state index is 12.8. The molecule has 1 aromatic heterocycles. The van der Waals surface area contributed by atoms with Gasteiger partial charge < -0.3 is 14.3 Å². The van der Waals surface area contributed by atoms with Crippen molar-refractivity contribution in [2.45, 2.75) is 37.8 Å². The standard InChI is InChI=1S/C23H22F3NO4S/c1-3-18-20(31-22(27-18)15-4-6-16(7-5-15)23(24,25)26)10-11-32-17-8-9-19(14(2)12-17)30-13-21(28)29/h4-9,12H,3,10-11,13H2,1-2H3,(H,28,29). The summed E-state index contributed by atoms with van der Waals surface area (Å²) in [7, 11) is 0. The molecule has 0 aliphatic heterocycles. The van der Waals surface area contributed by atoms with Crippen LogP contribution in [0, 0.1) is 6.92 Å². The summed E-state index contributed by atoms with van der Waals surface area (Å²) >= 11 is 1.61. The van der Waals surface area contributed by atoms with Crippen molar-refractivity contribution in [2.24, 2.45) is 0 Å². The van der Waals surface area contributed by atoms with Gasteiger partial charge in [-0.25, -0.2) is 9.78 Å². The minimum Gasteiger partial charge on any atom is -0.482 e. The van der Waals surface area contributed by atoms with Crippen molar-refractivity contribution in [3.63, 3.8) is 0 Å². The molecular weight excluding hydrogens is 443 g/mol. The highest BCUT2D eigenvalue weighted by molar-refractivity contribution is 7.99. The van der Waals surface area contributed by atoms with Crippen LogP contribution in [0.5, 0.6) is 5.75 Å². The number of oxazole rings is 1. The molecule has 0 fully saturated rings. The number of halogens is 3. The molecule has 2 aromatic carbocycles. The zero-order chi connectivity index (χ0) is 23.3. The number of rotatable bonds is 9. The van der Waals surface area contributed by atoms with Crippen LogP contribution < -0.4 is 4.74 Å². The Hall–Kier alpha value is -2.94. The Bertz CT molecular complexity index is 1080. The summed E-state index contributed by atoms with van der Waals surface area (Å²) in [4.78, 5) is 16.1. The highest BCUT2D eigenvalue weighted by Crippen LogP contribution is 2.32. The molecule has 0 aliphatic rings. The molecule has 0 aliphatic carbocycles. The van der Waals surface area contributed by atoms with Gasteiger partial charge in [0.15, 0.2) is 6.61 Å². The third-order valence-electron chi connectivity index (χ3n) is 4.67. The lowest BCUT2D eigenvalue weighted by Crippen LogP contribution is -2.10. The monoisotopic (exact) mass is 465 g/mol. The second-order valence-electron chi connectivity index (χ2n) is 7.03. The Morgan fingerprint density at radius 2 is 1.91 bits per heavy atom. The van der Waals surface area contributed by atoms with E-state index in [2.05, 4.69) is 4.98 Å². The Balaban J connectivity index is 1.64. The number of hydrogen-bond acceptors (Lipinski definition) is 5. The molecule has 170 valence electrons. The van der Waals surface area contributed by atoms with Crippen LogP contribution in [-0.4, -0.2) is 28.4 Å². The molecule has 9 heteroatoms. The fourth-order valence-corrected chi connectivity index (χ4v) is 4.00. The Kier molecular flexibility index (Phi) is 7.50. The van der Waals surface area contributed by atoms with E-state index in [0.29, 0.717) is 41.6 Å². The van der Waals surface area contributed by atoms with Crippen molar-refractivity contribution < 1.29 is 32.2 Å². The lowest BCUT2D eigenvalue weighted by molar-refractivity contribution is -0.139.